The van der Waals surface area contributed by atoms with Crippen LogP contribution in [0.3, 0.4) is 0 Å². The van der Waals surface area contributed by atoms with Crippen LogP contribution in [0, 0.1) is 0 Å². The number of likely N-dealkylation sites (tertiary alicyclic amines) is 1. The molecule has 2 heterocycles. The van der Waals surface area contributed by atoms with Crippen molar-refractivity contribution in [2.45, 2.75) is 25.9 Å². The van der Waals surface area contributed by atoms with Crippen molar-refractivity contribution >= 4 is 21.8 Å². The van der Waals surface area contributed by atoms with Crippen molar-refractivity contribution in [3.63, 3.8) is 0 Å². The van der Waals surface area contributed by atoms with Crippen LogP contribution in [0.1, 0.15) is 19.8 Å². The molecule has 1 aliphatic rings. The number of nitrogens with zero attached hydrogens (tertiary/aromatic N) is 4. The lowest BCUT2D eigenvalue weighted by Gasteiger charge is -2.19. The summed E-state index contributed by atoms with van der Waals surface area (Å²) in [4.78, 5) is 18.1. The Labute approximate surface area is 137 Å². The SMILES string of the molecule is CC(Oc1ncn(-c2ccc(Br)cc2)n1)C(=O)N1CCCC1. The summed E-state index contributed by atoms with van der Waals surface area (Å²) in [6.45, 7) is 3.36. The van der Waals surface area contributed by atoms with Crippen molar-refractivity contribution in [1.29, 1.82) is 0 Å². The number of rotatable bonds is 4. The van der Waals surface area contributed by atoms with Crippen LogP contribution >= 0.6 is 15.9 Å². The predicted octanol–water partition coefficient (Wildman–Crippen LogP) is 2.42. The van der Waals surface area contributed by atoms with Crippen LogP contribution in [0.4, 0.5) is 0 Å². The molecule has 3 rings (SSSR count). The molecule has 0 radical (unpaired) electrons. The Hall–Kier alpha value is -1.89. The first-order valence-corrected chi connectivity index (χ1v) is 8.06. The van der Waals surface area contributed by atoms with Crippen molar-refractivity contribution in [3.05, 3.63) is 35.1 Å². The van der Waals surface area contributed by atoms with E-state index in [1.54, 1.807) is 17.9 Å². The van der Waals surface area contributed by atoms with Crippen molar-refractivity contribution in [1.82, 2.24) is 19.7 Å². The van der Waals surface area contributed by atoms with Crippen LogP contribution < -0.4 is 4.74 Å². The van der Waals surface area contributed by atoms with Gasteiger partial charge < -0.3 is 9.64 Å². The summed E-state index contributed by atoms with van der Waals surface area (Å²) >= 11 is 3.39. The van der Waals surface area contributed by atoms with E-state index in [2.05, 4.69) is 26.0 Å². The molecule has 0 saturated carbocycles. The van der Waals surface area contributed by atoms with Gasteiger partial charge in [-0.2, -0.15) is 4.98 Å². The van der Waals surface area contributed by atoms with E-state index in [-0.39, 0.29) is 11.9 Å². The standard InChI is InChI=1S/C15H17BrN4O2/c1-11(14(21)19-8-2-3-9-19)22-15-17-10-20(18-15)13-6-4-12(16)5-7-13/h4-7,10-11H,2-3,8-9H2,1H3. The smallest absolute Gasteiger partial charge is 0.336 e. The Bertz CT molecular complexity index is 650. The molecule has 1 aliphatic heterocycles. The second kappa shape index (κ2) is 6.48. The molecule has 1 fully saturated rings. The third-order valence-electron chi connectivity index (χ3n) is 3.61. The Morgan fingerprint density at radius 2 is 1.95 bits per heavy atom. The van der Waals surface area contributed by atoms with Crippen LogP contribution in [0.25, 0.3) is 5.69 Å². The summed E-state index contributed by atoms with van der Waals surface area (Å²) in [7, 11) is 0. The highest BCUT2D eigenvalue weighted by Gasteiger charge is 2.25. The third-order valence-corrected chi connectivity index (χ3v) is 4.14. The van der Waals surface area contributed by atoms with Gasteiger partial charge in [-0.15, -0.1) is 5.10 Å². The Kier molecular flexibility index (Phi) is 4.42. The second-order valence-electron chi connectivity index (χ2n) is 5.24. The van der Waals surface area contributed by atoms with Gasteiger partial charge in [0.25, 0.3) is 5.91 Å². The minimum atomic E-state index is -0.570. The minimum absolute atomic E-state index is 0.00232. The van der Waals surface area contributed by atoms with Gasteiger partial charge in [0.1, 0.15) is 6.33 Å². The molecule has 0 aliphatic carbocycles. The molecule has 0 bridgehead atoms. The predicted molar refractivity (Wildman–Crippen MR) is 85.0 cm³/mol. The van der Waals surface area contributed by atoms with Crippen molar-refractivity contribution in [3.8, 4) is 11.7 Å². The maximum absolute atomic E-state index is 12.2. The van der Waals surface area contributed by atoms with Gasteiger partial charge >= 0.3 is 6.01 Å². The average Bonchev–Trinajstić information content (AvgIpc) is 3.18. The molecule has 1 aromatic heterocycles. The van der Waals surface area contributed by atoms with Gasteiger partial charge in [0.05, 0.1) is 5.69 Å². The van der Waals surface area contributed by atoms with Gasteiger partial charge in [-0.1, -0.05) is 15.9 Å². The molecule has 1 unspecified atom stereocenters. The van der Waals surface area contributed by atoms with Crippen molar-refractivity contribution in [2.75, 3.05) is 13.1 Å². The zero-order valence-electron chi connectivity index (χ0n) is 12.3. The molecule has 2 aromatic rings. The third kappa shape index (κ3) is 3.30. The monoisotopic (exact) mass is 364 g/mol. The molecular formula is C15H17BrN4O2. The van der Waals surface area contributed by atoms with Gasteiger partial charge in [0.2, 0.25) is 0 Å². The second-order valence-corrected chi connectivity index (χ2v) is 6.16. The summed E-state index contributed by atoms with van der Waals surface area (Å²) in [6.07, 6.45) is 3.13. The highest BCUT2D eigenvalue weighted by molar-refractivity contribution is 9.10. The largest absolute Gasteiger partial charge is 0.449 e. The number of halogens is 1. The molecule has 0 spiro atoms. The number of ether oxygens (including phenoxy) is 1. The number of hydrogen-bond donors (Lipinski definition) is 0. The maximum atomic E-state index is 12.2. The van der Waals surface area contributed by atoms with Gasteiger partial charge in [0, 0.05) is 17.6 Å². The quantitative estimate of drug-likeness (QED) is 0.835. The molecule has 116 valence electrons. The van der Waals surface area contributed by atoms with E-state index in [1.807, 2.05) is 29.2 Å². The van der Waals surface area contributed by atoms with E-state index >= 15 is 0 Å². The first-order chi connectivity index (χ1) is 10.6. The molecule has 1 atom stereocenters. The zero-order chi connectivity index (χ0) is 15.5. The fourth-order valence-corrected chi connectivity index (χ4v) is 2.69. The van der Waals surface area contributed by atoms with Gasteiger partial charge in [0.15, 0.2) is 6.10 Å². The van der Waals surface area contributed by atoms with Gasteiger partial charge in [-0.05, 0) is 44.0 Å². The molecule has 6 nitrogen and oxygen atoms in total. The summed E-state index contributed by atoms with van der Waals surface area (Å²) in [5, 5.41) is 4.26. The normalized spacial score (nSPS) is 15.8. The van der Waals surface area contributed by atoms with Gasteiger partial charge in [-0.25, -0.2) is 4.68 Å². The van der Waals surface area contributed by atoms with Crippen molar-refractivity contribution < 1.29 is 9.53 Å². The molecule has 7 heteroatoms. The maximum Gasteiger partial charge on any atom is 0.336 e. The van der Waals surface area contributed by atoms with Crippen LogP contribution in [-0.2, 0) is 4.79 Å². The van der Waals surface area contributed by atoms with Gasteiger partial charge in [-0.3, -0.25) is 4.79 Å². The van der Waals surface area contributed by atoms with E-state index in [9.17, 15) is 4.79 Å². The van der Waals surface area contributed by atoms with Crippen LogP contribution in [-0.4, -0.2) is 44.8 Å². The van der Waals surface area contributed by atoms with Crippen LogP contribution in [0.2, 0.25) is 0 Å². The first kappa shape index (κ1) is 15.0. The highest BCUT2D eigenvalue weighted by Crippen LogP contribution is 2.15. The van der Waals surface area contributed by atoms with E-state index < -0.39 is 6.10 Å². The average molecular weight is 365 g/mol. The summed E-state index contributed by atoms with van der Waals surface area (Å²) < 4.78 is 8.19. The molecular weight excluding hydrogens is 348 g/mol. The fraction of sp³-hybridized carbons (Fsp3) is 0.400. The molecule has 1 saturated heterocycles. The number of aromatic nitrogens is 3. The van der Waals surface area contributed by atoms with Crippen LogP contribution in [0.15, 0.2) is 35.1 Å². The highest BCUT2D eigenvalue weighted by atomic mass is 79.9. The lowest BCUT2D eigenvalue weighted by molar-refractivity contribution is -0.137. The first-order valence-electron chi connectivity index (χ1n) is 7.26. The fourth-order valence-electron chi connectivity index (χ4n) is 2.42. The topological polar surface area (TPSA) is 60.2 Å². The zero-order valence-corrected chi connectivity index (χ0v) is 13.9. The number of amides is 1. The summed E-state index contributed by atoms with van der Waals surface area (Å²) in [5.41, 5.74) is 0.879. The summed E-state index contributed by atoms with van der Waals surface area (Å²) in [6, 6.07) is 7.90. The lowest BCUT2D eigenvalue weighted by Crippen LogP contribution is -2.38. The van der Waals surface area contributed by atoms with Crippen LogP contribution in [0.5, 0.6) is 6.01 Å². The number of hydrogen-bond acceptors (Lipinski definition) is 4. The molecule has 1 amide bonds. The lowest BCUT2D eigenvalue weighted by atomic mass is 10.3. The van der Waals surface area contributed by atoms with E-state index in [0.29, 0.717) is 0 Å². The number of benzene rings is 1. The Balaban J connectivity index is 1.66. The molecule has 22 heavy (non-hydrogen) atoms. The molecule has 1 aromatic carbocycles. The number of carbonyl (C=O) groups excluding carboxylic acids is 1. The summed E-state index contributed by atoms with van der Waals surface area (Å²) in [5.74, 6) is -0.00232. The number of carbonyl (C=O) groups is 1. The minimum Gasteiger partial charge on any atom is -0.449 e. The Morgan fingerprint density at radius 3 is 2.64 bits per heavy atom. The van der Waals surface area contributed by atoms with E-state index in [4.69, 9.17) is 4.74 Å². The Morgan fingerprint density at radius 1 is 1.27 bits per heavy atom. The van der Waals surface area contributed by atoms with E-state index in [0.717, 1.165) is 36.1 Å². The van der Waals surface area contributed by atoms with Crippen molar-refractivity contribution in [2.24, 2.45) is 0 Å². The van der Waals surface area contributed by atoms with E-state index in [1.165, 1.54) is 0 Å². The molecule has 0 N–H and O–H groups in total.